The molecule has 7 heteroatoms. The molecule has 7 nitrogen and oxygen atoms in total. The lowest BCUT2D eigenvalue weighted by Gasteiger charge is -2.38. The maximum Gasteiger partial charge on any atom is 0.262 e. The quantitative estimate of drug-likeness (QED) is 0.171. The average molecular weight is 600 g/mol. The molecular formula is C38H37N3O4. The fraction of sp³-hybridized carbons (Fsp3) is 0.263. The van der Waals surface area contributed by atoms with Crippen LogP contribution in [0.3, 0.4) is 0 Å². The Kier molecular flexibility index (Phi) is 8.60. The van der Waals surface area contributed by atoms with Crippen molar-refractivity contribution in [1.82, 2.24) is 9.78 Å². The third-order valence-electron chi connectivity index (χ3n) is 8.61. The van der Waals surface area contributed by atoms with Crippen LogP contribution < -0.4 is 14.4 Å². The smallest absolute Gasteiger partial charge is 0.262 e. The molecule has 2 unspecified atom stereocenters. The van der Waals surface area contributed by atoms with Gasteiger partial charge in [0.2, 0.25) is 0 Å². The molecule has 1 aromatic heterocycles. The van der Waals surface area contributed by atoms with Gasteiger partial charge in [-0.2, -0.15) is 5.10 Å². The SMILES string of the molecule is O=C(c1ccc(OCc2ccccc2)cc1OCc1ccccc1)N1c2ccccc2CCC1c1ccnn1C1CCCCO1. The molecule has 45 heavy (non-hydrogen) atoms. The number of carbonyl (C=O) groups is 1. The number of rotatable bonds is 9. The Labute approximate surface area is 264 Å². The number of hydrogen-bond acceptors (Lipinski definition) is 5. The molecule has 0 aliphatic carbocycles. The summed E-state index contributed by atoms with van der Waals surface area (Å²) in [4.78, 5) is 16.8. The normalized spacial score (nSPS) is 17.8. The van der Waals surface area contributed by atoms with Gasteiger partial charge in [-0.05, 0) is 73.1 Å². The highest BCUT2D eigenvalue weighted by molar-refractivity contribution is 6.09. The Morgan fingerprint density at radius 3 is 2.29 bits per heavy atom. The fourth-order valence-corrected chi connectivity index (χ4v) is 6.32. The second-order valence-corrected chi connectivity index (χ2v) is 11.6. The van der Waals surface area contributed by atoms with Crippen LogP contribution in [-0.4, -0.2) is 22.3 Å². The van der Waals surface area contributed by atoms with Gasteiger partial charge in [0.25, 0.3) is 5.91 Å². The standard InChI is InChI=1S/C38H37N3O4/c42-38(32-20-19-31(44-26-28-11-3-1-4-12-28)25-36(32)45-27-29-13-5-2-6-14-29)40-33-16-8-7-15-30(33)18-21-34(40)35-22-23-39-41(35)37-17-9-10-24-43-37/h1-8,11-16,19-20,22-23,25,34,37H,9-10,17-18,21,24,26-27H2. The number of hydrogen-bond donors (Lipinski definition) is 0. The van der Waals surface area contributed by atoms with Crippen LogP contribution in [0.5, 0.6) is 11.5 Å². The van der Waals surface area contributed by atoms with Crippen molar-refractivity contribution in [3.05, 3.63) is 143 Å². The van der Waals surface area contributed by atoms with Gasteiger partial charge < -0.3 is 14.2 Å². The molecule has 3 heterocycles. The maximum absolute atomic E-state index is 14.8. The van der Waals surface area contributed by atoms with Crippen LogP contribution in [0.25, 0.3) is 0 Å². The molecule has 4 aromatic carbocycles. The van der Waals surface area contributed by atoms with E-state index in [1.54, 1.807) is 0 Å². The van der Waals surface area contributed by atoms with Crippen LogP contribution in [0.2, 0.25) is 0 Å². The summed E-state index contributed by atoms with van der Waals surface area (Å²) in [6, 6.07) is 35.5. The molecule has 0 bridgehead atoms. The van der Waals surface area contributed by atoms with Crippen molar-refractivity contribution < 1.29 is 19.0 Å². The molecular weight excluding hydrogens is 562 g/mol. The summed E-state index contributed by atoms with van der Waals surface area (Å²) in [6.45, 7) is 1.47. The van der Waals surface area contributed by atoms with Gasteiger partial charge >= 0.3 is 0 Å². The van der Waals surface area contributed by atoms with E-state index in [4.69, 9.17) is 14.2 Å². The van der Waals surface area contributed by atoms with Gasteiger partial charge in [0.1, 0.15) is 24.7 Å². The first-order chi connectivity index (χ1) is 22.2. The number of fused-ring (bicyclic) bond motifs is 1. The molecule has 0 N–H and O–H groups in total. The third kappa shape index (κ3) is 6.35. The van der Waals surface area contributed by atoms with E-state index in [-0.39, 0.29) is 18.2 Å². The molecule has 2 aliphatic heterocycles. The Morgan fingerprint density at radius 2 is 1.53 bits per heavy atom. The molecule has 1 fully saturated rings. The van der Waals surface area contributed by atoms with Crippen molar-refractivity contribution >= 4 is 11.6 Å². The molecule has 0 spiro atoms. The molecule has 1 saturated heterocycles. The monoisotopic (exact) mass is 599 g/mol. The number of carbonyl (C=O) groups excluding carboxylic acids is 1. The van der Waals surface area contributed by atoms with E-state index in [0.29, 0.717) is 30.3 Å². The van der Waals surface area contributed by atoms with E-state index < -0.39 is 0 Å². The van der Waals surface area contributed by atoms with Crippen molar-refractivity contribution in [3.8, 4) is 11.5 Å². The van der Waals surface area contributed by atoms with Gasteiger partial charge in [-0.3, -0.25) is 9.69 Å². The minimum atomic E-state index is -0.212. The van der Waals surface area contributed by atoms with Crippen LogP contribution in [0, 0.1) is 0 Å². The number of anilines is 1. The Bertz CT molecular complexity index is 1730. The van der Waals surface area contributed by atoms with E-state index >= 15 is 0 Å². The zero-order chi connectivity index (χ0) is 30.4. The number of amides is 1. The summed E-state index contributed by atoms with van der Waals surface area (Å²) in [7, 11) is 0. The van der Waals surface area contributed by atoms with Gasteiger partial charge in [-0.1, -0.05) is 78.9 Å². The number of nitrogens with zero attached hydrogens (tertiary/aromatic N) is 3. The van der Waals surface area contributed by atoms with Crippen molar-refractivity contribution in [2.75, 3.05) is 11.5 Å². The topological polar surface area (TPSA) is 65.8 Å². The number of aromatic nitrogens is 2. The number of benzene rings is 4. The predicted molar refractivity (Wildman–Crippen MR) is 173 cm³/mol. The van der Waals surface area contributed by atoms with Gasteiger partial charge in [-0.25, -0.2) is 4.68 Å². The van der Waals surface area contributed by atoms with E-state index in [2.05, 4.69) is 11.2 Å². The highest BCUT2D eigenvalue weighted by Gasteiger charge is 2.36. The first-order valence-electron chi connectivity index (χ1n) is 15.8. The Morgan fingerprint density at radius 1 is 0.800 bits per heavy atom. The van der Waals surface area contributed by atoms with Crippen molar-refractivity contribution in [2.45, 2.75) is 57.6 Å². The minimum Gasteiger partial charge on any atom is -0.489 e. The highest BCUT2D eigenvalue weighted by Crippen LogP contribution is 2.42. The predicted octanol–water partition coefficient (Wildman–Crippen LogP) is 8.07. The fourth-order valence-electron chi connectivity index (χ4n) is 6.32. The van der Waals surface area contributed by atoms with Gasteiger partial charge in [0.05, 0.1) is 17.3 Å². The van der Waals surface area contributed by atoms with Crippen LogP contribution in [0.15, 0.2) is 115 Å². The first kappa shape index (κ1) is 28.9. The maximum atomic E-state index is 14.8. The molecule has 1 amide bonds. The third-order valence-corrected chi connectivity index (χ3v) is 8.61. The minimum absolute atomic E-state index is 0.122. The molecule has 2 aliphatic rings. The van der Waals surface area contributed by atoms with Crippen molar-refractivity contribution in [2.24, 2.45) is 0 Å². The van der Waals surface area contributed by atoms with E-state index in [1.165, 1.54) is 0 Å². The summed E-state index contributed by atoms with van der Waals surface area (Å²) in [5, 5.41) is 4.69. The summed E-state index contributed by atoms with van der Waals surface area (Å²) in [5.41, 5.74) is 5.62. The second kappa shape index (κ2) is 13.4. The molecule has 0 saturated carbocycles. The summed E-state index contributed by atoms with van der Waals surface area (Å²) in [6.07, 6.45) is 6.41. The lowest BCUT2D eigenvalue weighted by Crippen LogP contribution is -2.40. The van der Waals surface area contributed by atoms with Gasteiger partial charge in [-0.15, -0.1) is 0 Å². The first-order valence-corrected chi connectivity index (χ1v) is 15.8. The molecule has 228 valence electrons. The van der Waals surface area contributed by atoms with Gasteiger partial charge in [0.15, 0.2) is 6.23 Å². The van der Waals surface area contributed by atoms with Gasteiger partial charge in [0, 0.05) is 24.6 Å². The molecule has 5 aromatic rings. The van der Waals surface area contributed by atoms with Crippen LogP contribution >= 0.6 is 0 Å². The number of ether oxygens (including phenoxy) is 3. The second-order valence-electron chi connectivity index (χ2n) is 11.6. The van der Waals surface area contributed by atoms with E-state index in [1.807, 2.05) is 119 Å². The van der Waals surface area contributed by atoms with Crippen molar-refractivity contribution in [1.29, 1.82) is 0 Å². The van der Waals surface area contributed by atoms with E-state index in [9.17, 15) is 4.79 Å². The average Bonchev–Trinajstić information content (AvgIpc) is 3.60. The number of aryl methyl sites for hydroxylation is 1. The summed E-state index contributed by atoms with van der Waals surface area (Å²) < 4.78 is 20.7. The van der Waals surface area contributed by atoms with Crippen molar-refractivity contribution in [3.63, 3.8) is 0 Å². The zero-order valence-corrected chi connectivity index (χ0v) is 25.3. The van der Waals surface area contributed by atoms with E-state index in [0.717, 1.165) is 66.8 Å². The van der Waals surface area contributed by atoms with Crippen LogP contribution in [-0.2, 0) is 24.4 Å². The molecule has 0 radical (unpaired) electrons. The largest absolute Gasteiger partial charge is 0.489 e. The number of para-hydroxylation sites is 1. The Hall–Kier alpha value is -4.88. The molecule has 2 atom stereocenters. The summed E-state index contributed by atoms with van der Waals surface area (Å²) >= 11 is 0. The highest BCUT2D eigenvalue weighted by atomic mass is 16.5. The van der Waals surface area contributed by atoms with Crippen LogP contribution in [0.4, 0.5) is 5.69 Å². The lowest BCUT2D eigenvalue weighted by atomic mass is 9.92. The zero-order valence-electron chi connectivity index (χ0n) is 25.3. The summed E-state index contributed by atoms with van der Waals surface area (Å²) in [5.74, 6) is 1.00. The lowest BCUT2D eigenvalue weighted by molar-refractivity contribution is -0.0417. The molecule has 7 rings (SSSR count). The Balaban J connectivity index is 1.25. The van der Waals surface area contributed by atoms with Crippen LogP contribution in [0.1, 0.15) is 70.7 Å².